The Balaban J connectivity index is 1.64. The van der Waals surface area contributed by atoms with E-state index in [9.17, 15) is 9.59 Å². The lowest BCUT2D eigenvalue weighted by atomic mass is 10.1. The smallest absolute Gasteiger partial charge is 0.311 e. The number of esters is 1. The molecule has 30 heavy (non-hydrogen) atoms. The van der Waals surface area contributed by atoms with Gasteiger partial charge >= 0.3 is 5.97 Å². The van der Waals surface area contributed by atoms with Crippen LogP contribution in [0, 0.1) is 25.2 Å². The highest BCUT2D eigenvalue weighted by Crippen LogP contribution is 2.19. The van der Waals surface area contributed by atoms with Gasteiger partial charge in [0.15, 0.2) is 6.10 Å². The first-order valence-electron chi connectivity index (χ1n) is 9.50. The van der Waals surface area contributed by atoms with Crippen molar-refractivity contribution in [3.05, 3.63) is 77.1 Å². The molecule has 1 aromatic heterocycles. The maximum absolute atomic E-state index is 12.4. The van der Waals surface area contributed by atoms with E-state index in [1.165, 1.54) is 6.92 Å². The molecule has 7 nitrogen and oxygen atoms in total. The molecular formula is C23H22N4O3. The number of para-hydroxylation sites is 1. The van der Waals surface area contributed by atoms with E-state index in [-0.39, 0.29) is 6.42 Å². The molecule has 0 fully saturated rings. The van der Waals surface area contributed by atoms with Crippen LogP contribution in [-0.2, 0) is 20.7 Å². The lowest BCUT2D eigenvalue weighted by Crippen LogP contribution is -2.30. The Kier molecular flexibility index (Phi) is 6.28. The van der Waals surface area contributed by atoms with E-state index < -0.39 is 18.0 Å². The number of aromatic nitrogens is 2. The molecule has 0 aliphatic rings. The molecule has 1 atom stereocenters. The van der Waals surface area contributed by atoms with Crippen LogP contribution in [0.15, 0.2) is 54.6 Å². The van der Waals surface area contributed by atoms with Crippen LogP contribution in [-0.4, -0.2) is 27.8 Å². The summed E-state index contributed by atoms with van der Waals surface area (Å²) in [4.78, 5) is 24.8. The van der Waals surface area contributed by atoms with Crippen molar-refractivity contribution in [2.75, 3.05) is 5.32 Å². The quantitative estimate of drug-likeness (QED) is 0.637. The molecule has 0 saturated heterocycles. The number of aryl methyl sites for hydroxylation is 1. The number of nitrogens with one attached hydrogen (secondary N) is 1. The summed E-state index contributed by atoms with van der Waals surface area (Å²) in [6.45, 7) is 5.25. The van der Waals surface area contributed by atoms with Gasteiger partial charge < -0.3 is 10.1 Å². The zero-order valence-corrected chi connectivity index (χ0v) is 17.0. The van der Waals surface area contributed by atoms with E-state index in [1.54, 1.807) is 28.9 Å². The topological polar surface area (TPSA) is 97.0 Å². The molecule has 0 aliphatic heterocycles. The van der Waals surface area contributed by atoms with E-state index in [0.29, 0.717) is 11.3 Å². The number of nitrogens with zero attached hydrogens (tertiary/aromatic N) is 3. The first-order valence-corrected chi connectivity index (χ1v) is 9.50. The van der Waals surface area contributed by atoms with Crippen molar-refractivity contribution >= 4 is 17.6 Å². The maximum atomic E-state index is 12.4. The molecule has 7 heteroatoms. The van der Waals surface area contributed by atoms with E-state index >= 15 is 0 Å². The predicted octanol–water partition coefficient (Wildman–Crippen LogP) is 3.47. The summed E-state index contributed by atoms with van der Waals surface area (Å²) in [5.74, 6) is -0.978. The van der Waals surface area contributed by atoms with Crippen molar-refractivity contribution in [3.8, 4) is 11.8 Å². The first-order chi connectivity index (χ1) is 14.4. The van der Waals surface area contributed by atoms with E-state index in [4.69, 9.17) is 10.00 Å². The van der Waals surface area contributed by atoms with Gasteiger partial charge in [-0.2, -0.15) is 10.4 Å². The fraction of sp³-hybridized carbons (Fsp3) is 0.217. The molecule has 3 aromatic rings. The number of carbonyl (C=O) groups excluding carboxylic acids is 2. The lowest BCUT2D eigenvalue weighted by Gasteiger charge is -2.14. The molecule has 3 rings (SSSR count). The standard InChI is InChI=1S/C23H22N4O3/c1-15-21(16(2)27(26-15)20-10-5-4-6-11-20)13-22(28)30-17(3)23(29)25-19-9-7-8-18(12-19)14-24/h4-12,17H,13H2,1-3H3,(H,25,29)/t17-/m0/s1. The molecule has 0 spiro atoms. The normalized spacial score (nSPS) is 11.4. The number of hydrogen-bond acceptors (Lipinski definition) is 5. The van der Waals surface area contributed by atoms with Crippen LogP contribution in [0.4, 0.5) is 5.69 Å². The van der Waals surface area contributed by atoms with Gasteiger partial charge in [0.1, 0.15) is 0 Å². The van der Waals surface area contributed by atoms with Crippen molar-refractivity contribution in [1.82, 2.24) is 9.78 Å². The minimum absolute atomic E-state index is 0.0199. The second-order valence-electron chi connectivity index (χ2n) is 6.89. The van der Waals surface area contributed by atoms with E-state index in [1.807, 2.05) is 50.2 Å². The number of nitriles is 1. The Morgan fingerprint density at radius 2 is 1.90 bits per heavy atom. The predicted molar refractivity (Wildman–Crippen MR) is 112 cm³/mol. The molecule has 0 saturated carbocycles. The number of rotatable bonds is 6. The Morgan fingerprint density at radius 3 is 2.60 bits per heavy atom. The average molecular weight is 402 g/mol. The summed E-state index contributed by atoms with van der Waals surface area (Å²) in [6, 6.07) is 18.2. The average Bonchev–Trinajstić information content (AvgIpc) is 3.02. The molecule has 0 bridgehead atoms. The van der Waals surface area contributed by atoms with Crippen LogP contribution >= 0.6 is 0 Å². The Morgan fingerprint density at radius 1 is 1.17 bits per heavy atom. The number of ether oxygens (including phenoxy) is 1. The minimum atomic E-state index is -0.979. The molecule has 152 valence electrons. The van der Waals surface area contributed by atoms with Gasteiger partial charge in [0.2, 0.25) is 0 Å². The number of amides is 1. The van der Waals surface area contributed by atoms with Gasteiger partial charge in [0, 0.05) is 16.9 Å². The summed E-state index contributed by atoms with van der Waals surface area (Å²) in [5.41, 5.74) is 4.17. The number of benzene rings is 2. The van der Waals surface area contributed by atoms with Gasteiger partial charge in [-0.05, 0) is 51.1 Å². The fourth-order valence-electron chi connectivity index (χ4n) is 3.10. The maximum Gasteiger partial charge on any atom is 0.311 e. The third-order valence-corrected chi connectivity index (χ3v) is 4.70. The SMILES string of the molecule is Cc1nn(-c2ccccc2)c(C)c1CC(=O)O[C@@H](C)C(=O)Nc1cccc(C#N)c1. The second kappa shape index (κ2) is 9.05. The Hall–Kier alpha value is -3.92. The highest BCUT2D eigenvalue weighted by molar-refractivity contribution is 5.95. The van der Waals surface area contributed by atoms with Gasteiger partial charge in [-0.1, -0.05) is 24.3 Å². The van der Waals surface area contributed by atoms with E-state index in [2.05, 4.69) is 10.4 Å². The summed E-state index contributed by atoms with van der Waals surface area (Å²) in [5, 5.41) is 16.1. The largest absolute Gasteiger partial charge is 0.452 e. The number of anilines is 1. The zero-order valence-electron chi connectivity index (χ0n) is 17.0. The molecule has 2 aromatic carbocycles. The van der Waals surface area contributed by atoms with Gasteiger partial charge in [-0.15, -0.1) is 0 Å². The number of hydrogen-bond donors (Lipinski definition) is 1. The Bertz CT molecular complexity index is 1110. The first kappa shape index (κ1) is 20.8. The van der Waals surface area contributed by atoms with Crippen LogP contribution in [0.1, 0.15) is 29.4 Å². The van der Waals surface area contributed by atoms with Crippen LogP contribution in [0.2, 0.25) is 0 Å². The highest BCUT2D eigenvalue weighted by Gasteiger charge is 2.21. The van der Waals surface area contributed by atoms with Gasteiger partial charge in [0.05, 0.1) is 29.4 Å². The van der Waals surface area contributed by atoms with Crippen molar-refractivity contribution in [2.45, 2.75) is 33.3 Å². The van der Waals surface area contributed by atoms with Crippen molar-refractivity contribution < 1.29 is 14.3 Å². The Labute approximate surface area is 174 Å². The van der Waals surface area contributed by atoms with Gasteiger partial charge in [0.25, 0.3) is 5.91 Å². The highest BCUT2D eigenvalue weighted by atomic mass is 16.5. The van der Waals surface area contributed by atoms with E-state index in [0.717, 1.165) is 22.6 Å². The monoisotopic (exact) mass is 402 g/mol. The third-order valence-electron chi connectivity index (χ3n) is 4.70. The molecule has 1 heterocycles. The molecule has 0 unspecified atom stereocenters. The van der Waals surface area contributed by atoms with Crippen molar-refractivity contribution in [2.24, 2.45) is 0 Å². The molecule has 0 aliphatic carbocycles. The van der Waals surface area contributed by atoms with Crippen LogP contribution in [0.25, 0.3) is 5.69 Å². The van der Waals surface area contributed by atoms with Crippen LogP contribution in [0.3, 0.4) is 0 Å². The number of carbonyl (C=O) groups is 2. The summed E-state index contributed by atoms with van der Waals surface area (Å²) in [6.07, 6.45) is -0.959. The van der Waals surface area contributed by atoms with Crippen LogP contribution in [0.5, 0.6) is 0 Å². The fourth-order valence-corrected chi connectivity index (χ4v) is 3.10. The molecule has 1 N–H and O–H groups in total. The molecular weight excluding hydrogens is 380 g/mol. The third kappa shape index (κ3) is 4.73. The summed E-state index contributed by atoms with van der Waals surface area (Å²) in [7, 11) is 0. The zero-order chi connectivity index (χ0) is 21.7. The van der Waals surface area contributed by atoms with Gasteiger partial charge in [-0.25, -0.2) is 4.68 Å². The van der Waals surface area contributed by atoms with Gasteiger partial charge in [-0.3, -0.25) is 9.59 Å². The van der Waals surface area contributed by atoms with Crippen molar-refractivity contribution in [1.29, 1.82) is 5.26 Å². The van der Waals surface area contributed by atoms with Crippen LogP contribution < -0.4 is 5.32 Å². The second-order valence-corrected chi connectivity index (χ2v) is 6.89. The molecule has 0 radical (unpaired) electrons. The summed E-state index contributed by atoms with van der Waals surface area (Å²) < 4.78 is 7.10. The minimum Gasteiger partial charge on any atom is -0.452 e. The molecule has 1 amide bonds. The van der Waals surface area contributed by atoms with Crippen molar-refractivity contribution in [3.63, 3.8) is 0 Å². The summed E-state index contributed by atoms with van der Waals surface area (Å²) >= 11 is 0. The lowest BCUT2D eigenvalue weighted by molar-refractivity contribution is -0.152.